The minimum absolute atomic E-state index is 0. The Labute approximate surface area is 94.5 Å². The molecule has 0 radical (unpaired) electrons. The molecule has 5 heteroatoms. The number of nitrogens with two attached hydrogens (primary N) is 1. The lowest BCUT2D eigenvalue weighted by atomic mass is 10.2. The van der Waals surface area contributed by atoms with Gasteiger partial charge in [-0.2, -0.15) is 0 Å². The number of hydrogen-bond donors (Lipinski definition) is 2. The standard InChI is InChI=1S/C10H13NO3.ClH/c1-2-4-9(13)14-8-6-3-5-7(12)10(8)11;/h3,5-6,12H,2,4,11H2,1H3;1H. The van der Waals surface area contributed by atoms with Crippen LogP contribution in [0.15, 0.2) is 18.2 Å². The number of para-hydroxylation sites is 1. The van der Waals surface area contributed by atoms with E-state index in [1.807, 2.05) is 6.92 Å². The van der Waals surface area contributed by atoms with Crippen molar-refractivity contribution in [3.8, 4) is 11.5 Å². The van der Waals surface area contributed by atoms with E-state index in [1.54, 1.807) is 12.1 Å². The van der Waals surface area contributed by atoms with Crippen LogP contribution in [-0.4, -0.2) is 11.1 Å². The van der Waals surface area contributed by atoms with Crippen molar-refractivity contribution < 1.29 is 14.6 Å². The average molecular weight is 232 g/mol. The van der Waals surface area contributed by atoms with Gasteiger partial charge in [-0.25, -0.2) is 0 Å². The second kappa shape index (κ2) is 6.14. The first-order valence-corrected chi connectivity index (χ1v) is 4.43. The number of rotatable bonds is 3. The van der Waals surface area contributed by atoms with E-state index in [4.69, 9.17) is 10.5 Å². The molecule has 0 atom stereocenters. The largest absolute Gasteiger partial charge is 0.506 e. The predicted octanol–water partition coefficient (Wildman–Crippen LogP) is 2.10. The lowest BCUT2D eigenvalue weighted by molar-refractivity contribution is -0.134. The lowest BCUT2D eigenvalue weighted by Crippen LogP contribution is -2.08. The minimum atomic E-state index is -0.343. The third-order valence-corrected chi connectivity index (χ3v) is 1.72. The zero-order chi connectivity index (χ0) is 10.6. The topological polar surface area (TPSA) is 72.5 Å². The molecule has 0 bridgehead atoms. The fourth-order valence-corrected chi connectivity index (χ4v) is 0.999. The Morgan fingerprint density at radius 3 is 2.80 bits per heavy atom. The number of benzene rings is 1. The maximum Gasteiger partial charge on any atom is 0.311 e. The second-order valence-electron chi connectivity index (χ2n) is 2.91. The summed E-state index contributed by atoms with van der Waals surface area (Å²) in [6.45, 7) is 1.88. The molecule has 0 saturated carbocycles. The van der Waals surface area contributed by atoms with Gasteiger partial charge in [-0.3, -0.25) is 4.79 Å². The molecule has 0 aromatic heterocycles. The van der Waals surface area contributed by atoms with E-state index in [1.165, 1.54) is 6.07 Å². The van der Waals surface area contributed by atoms with Gasteiger partial charge in [0.15, 0.2) is 5.75 Å². The molecule has 0 aliphatic rings. The molecule has 3 N–H and O–H groups in total. The molecule has 1 aromatic carbocycles. The molecule has 0 heterocycles. The Balaban J connectivity index is 0.00000196. The van der Waals surface area contributed by atoms with Crippen LogP contribution in [0.4, 0.5) is 5.69 Å². The van der Waals surface area contributed by atoms with Crippen molar-refractivity contribution in [1.29, 1.82) is 0 Å². The number of ether oxygens (including phenoxy) is 1. The number of anilines is 1. The number of phenolic OH excluding ortho intramolecular Hbond substituents is 1. The minimum Gasteiger partial charge on any atom is -0.506 e. The summed E-state index contributed by atoms with van der Waals surface area (Å²) in [6.07, 6.45) is 1.06. The molecular formula is C10H14ClNO3. The first kappa shape index (κ1) is 13.6. The highest BCUT2D eigenvalue weighted by Crippen LogP contribution is 2.30. The number of carbonyl (C=O) groups excluding carboxylic acids is 1. The number of carbonyl (C=O) groups is 1. The van der Waals surface area contributed by atoms with Crippen LogP contribution in [-0.2, 0) is 4.79 Å². The van der Waals surface area contributed by atoms with E-state index < -0.39 is 0 Å². The zero-order valence-corrected chi connectivity index (χ0v) is 9.21. The predicted molar refractivity (Wildman–Crippen MR) is 60.3 cm³/mol. The van der Waals surface area contributed by atoms with Gasteiger partial charge in [0.2, 0.25) is 0 Å². The lowest BCUT2D eigenvalue weighted by Gasteiger charge is -2.07. The van der Waals surface area contributed by atoms with Crippen LogP contribution in [0.5, 0.6) is 11.5 Å². The molecule has 0 saturated heterocycles. The average Bonchev–Trinajstić information content (AvgIpc) is 2.13. The van der Waals surface area contributed by atoms with E-state index in [-0.39, 0.29) is 35.6 Å². The summed E-state index contributed by atoms with van der Waals surface area (Å²) in [4.78, 5) is 11.1. The van der Waals surface area contributed by atoms with Crippen molar-refractivity contribution >= 4 is 24.1 Å². The Morgan fingerprint density at radius 2 is 2.20 bits per heavy atom. The van der Waals surface area contributed by atoms with Crippen LogP contribution >= 0.6 is 12.4 Å². The Bertz CT molecular complexity index is 341. The van der Waals surface area contributed by atoms with Crippen LogP contribution in [0, 0.1) is 0 Å². The molecule has 1 rings (SSSR count). The molecule has 84 valence electrons. The van der Waals surface area contributed by atoms with E-state index in [0.717, 1.165) is 6.42 Å². The number of halogens is 1. The fourth-order valence-electron chi connectivity index (χ4n) is 0.999. The first-order valence-electron chi connectivity index (χ1n) is 4.43. The van der Waals surface area contributed by atoms with Gasteiger partial charge in [0, 0.05) is 6.42 Å². The maximum atomic E-state index is 11.1. The summed E-state index contributed by atoms with van der Waals surface area (Å²) in [5, 5.41) is 9.23. The van der Waals surface area contributed by atoms with E-state index in [9.17, 15) is 9.90 Å². The maximum absolute atomic E-state index is 11.1. The van der Waals surface area contributed by atoms with Gasteiger partial charge >= 0.3 is 5.97 Å². The molecule has 0 aliphatic heterocycles. The molecule has 15 heavy (non-hydrogen) atoms. The van der Waals surface area contributed by atoms with Crippen molar-refractivity contribution in [2.24, 2.45) is 0 Å². The molecule has 4 nitrogen and oxygen atoms in total. The number of aromatic hydroxyl groups is 1. The molecule has 0 amide bonds. The highest BCUT2D eigenvalue weighted by Gasteiger charge is 2.08. The Morgan fingerprint density at radius 1 is 1.53 bits per heavy atom. The van der Waals surface area contributed by atoms with Gasteiger partial charge in [0.05, 0.1) is 0 Å². The van der Waals surface area contributed by atoms with Crippen molar-refractivity contribution in [3.05, 3.63) is 18.2 Å². The third kappa shape index (κ3) is 3.67. The van der Waals surface area contributed by atoms with Gasteiger partial charge < -0.3 is 15.6 Å². The van der Waals surface area contributed by atoms with E-state index in [2.05, 4.69) is 0 Å². The summed E-state index contributed by atoms with van der Waals surface area (Å²) >= 11 is 0. The van der Waals surface area contributed by atoms with Crippen LogP contribution in [0.2, 0.25) is 0 Å². The van der Waals surface area contributed by atoms with Crippen LogP contribution in [0.3, 0.4) is 0 Å². The van der Waals surface area contributed by atoms with Crippen molar-refractivity contribution in [2.45, 2.75) is 19.8 Å². The first-order chi connectivity index (χ1) is 6.65. The third-order valence-electron chi connectivity index (χ3n) is 1.72. The zero-order valence-electron chi connectivity index (χ0n) is 8.40. The SMILES string of the molecule is CCCC(=O)Oc1cccc(O)c1N.Cl. The van der Waals surface area contributed by atoms with E-state index >= 15 is 0 Å². The number of hydrogen-bond acceptors (Lipinski definition) is 4. The summed E-state index contributed by atoms with van der Waals surface area (Å²) in [7, 11) is 0. The summed E-state index contributed by atoms with van der Waals surface area (Å²) in [5.74, 6) is -0.208. The summed E-state index contributed by atoms with van der Waals surface area (Å²) in [5.41, 5.74) is 5.59. The number of phenols is 1. The molecule has 0 spiro atoms. The van der Waals surface area contributed by atoms with Crippen molar-refractivity contribution in [3.63, 3.8) is 0 Å². The smallest absolute Gasteiger partial charge is 0.311 e. The van der Waals surface area contributed by atoms with Crippen molar-refractivity contribution in [1.82, 2.24) is 0 Å². The molecule has 1 aromatic rings. The number of nitrogen functional groups attached to an aromatic ring is 1. The summed E-state index contributed by atoms with van der Waals surface area (Å²) < 4.78 is 4.94. The molecule has 0 fully saturated rings. The number of esters is 1. The second-order valence-corrected chi connectivity index (χ2v) is 2.91. The van der Waals surface area contributed by atoms with Gasteiger partial charge in [-0.05, 0) is 18.6 Å². The highest BCUT2D eigenvalue weighted by atomic mass is 35.5. The van der Waals surface area contributed by atoms with Gasteiger partial charge in [0.1, 0.15) is 11.4 Å². The van der Waals surface area contributed by atoms with Gasteiger partial charge in [0.25, 0.3) is 0 Å². The van der Waals surface area contributed by atoms with Crippen LogP contribution < -0.4 is 10.5 Å². The Hall–Kier alpha value is -1.42. The van der Waals surface area contributed by atoms with E-state index in [0.29, 0.717) is 6.42 Å². The van der Waals surface area contributed by atoms with Crippen LogP contribution in [0.25, 0.3) is 0 Å². The Kier molecular flexibility index (Phi) is 5.56. The van der Waals surface area contributed by atoms with Crippen molar-refractivity contribution in [2.75, 3.05) is 5.73 Å². The monoisotopic (exact) mass is 231 g/mol. The molecule has 0 unspecified atom stereocenters. The van der Waals surface area contributed by atoms with Gasteiger partial charge in [-0.1, -0.05) is 13.0 Å². The highest BCUT2D eigenvalue weighted by molar-refractivity contribution is 5.85. The quantitative estimate of drug-likeness (QED) is 0.362. The fraction of sp³-hybridized carbons (Fsp3) is 0.300. The normalized spacial score (nSPS) is 9.13. The van der Waals surface area contributed by atoms with Crippen LogP contribution in [0.1, 0.15) is 19.8 Å². The van der Waals surface area contributed by atoms with Gasteiger partial charge in [-0.15, -0.1) is 12.4 Å². The summed E-state index contributed by atoms with van der Waals surface area (Å²) in [6, 6.07) is 4.55. The molecule has 0 aliphatic carbocycles. The molecular weight excluding hydrogens is 218 g/mol.